The second-order valence-electron chi connectivity index (χ2n) is 11.0. The fourth-order valence-corrected chi connectivity index (χ4v) is 4.32. The van der Waals surface area contributed by atoms with Gasteiger partial charge in [0.25, 0.3) is 0 Å². The molecule has 0 aliphatic rings. The standard InChI is InChI=1S/C39H62O4/c1-3-5-7-9-11-12-13-14-15-16-17-18-19-20-21-22-24-26-32-36-39(42)43-37(33-29-25-23-10-8-6-4-2)34-30-27-28-31-35-38(40)41/h5,7,10-12,14-15,17-18,20-21,23,29,33,37H,3-4,6,8-9,13,16,19,22,24-28,30-32,34-36H2,1-2H3,(H,40,41)/b7-5-,12-11-,15-14-,18-17-,21-20-,23-10-,33-29-. The first-order valence-electron chi connectivity index (χ1n) is 17.1. The summed E-state index contributed by atoms with van der Waals surface area (Å²) >= 11 is 0. The zero-order valence-electron chi connectivity index (χ0n) is 27.5. The van der Waals surface area contributed by atoms with Crippen LogP contribution in [-0.4, -0.2) is 23.1 Å². The highest BCUT2D eigenvalue weighted by Gasteiger charge is 2.11. The van der Waals surface area contributed by atoms with E-state index in [-0.39, 0.29) is 18.5 Å². The average Bonchev–Trinajstić information content (AvgIpc) is 2.99. The number of carboxylic acid groups (broad SMARTS) is 1. The molecule has 4 nitrogen and oxygen atoms in total. The van der Waals surface area contributed by atoms with Crippen LogP contribution in [0.5, 0.6) is 0 Å². The Kier molecular flexibility index (Phi) is 31.4. The second-order valence-corrected chi connectivity index (χ2v) is 11.0. The minimum Gasteiger partial charge on any atom is -0.481 e. The van der Waals surface area contributed by atoms with E-state index in [0.717, 1.165) is 96.3 Å². The van der Waals surface area contributed by atoms with Crippen LogP contribution in [0, 0.1) is 0 Å². The number of allylic oxidation sites excluding steroid dienone is 13. The fourth-order valence-electron chi connectivity index (χ4n) is 4.32. The number of ether oxygens (including phenoxy) is 1. The molecule has 0 aromatic carbocycles. The summed E-state index contributed by atoms with van der Waals surface area (Å²) in [7, 11) is 0. The molecule has 0 spiro atoms. The molecule has 0 saturated heterocycles. The minimum atomic E-state index is -0.736. The van der Waals surface area contributed by atoms with Crippen LogP contribution in [0.4, 0.5) is 0 Å². The molecule has 1 unspecified atom stereocenters. The van der Waals surface area contributed by atoms with Gasteiger partial charge in [-0.2, -0.15) is 0 Å². The third-order valence-corrected chi connectivity index (χ3v) is 6.84. The lowest BCUT2D eigenvalue weighted by molar-refractivity contribution is -0.147. The molecule has 0 heterocycles. The zero-order chi connectivity index (χ0) is 31.5. The van der Waals surface area contributed by atoms with Gasteiger partial charge in [0, 0.05) is 12.8 Å². The van der Waals surface area contributed by atoms with Crippen molar-refractivity contribution < 1.29 is 19.4 Å². The van der Waals surface area contributed by atoms with Gasteiger partial charge in [0.1, 0.15) is 6.10 Å². The number of hydrogen-bond donors (Lipinski definition) is 1. The minimum absolute atomic E-state index is 0.117. The van der Waals surface area contributed by atoms with Crippen molar-refractivity contribution >= 4 is 11.9 Å². The van der Waals surface area contributed by atoms with Crippen LogP contribution in [0.15, 0.2) is 85.1 Å². The van der Waals surface area contributed by atoms with E-state index in [1.54, 1.807) is 0 Å². The van der Waals surface area contributed by atoms with E-state index in [0.29, 0.717) is 12.8 Å². The highest BCUT2D eigenvalue weighted by atomic mass is 16.5. The monoisotopic (exact) mass is 594 g/mol. The quantitative estimate of drug-likeness (QED) is 0.0531. The van der Waals surface area contributed by atoms with Crippen LogP contribution in [0.3, 0.4) is 0 Å². The Morgan fingerprint density at radius 1 is 0.558 bits per heavy atom. The topological polar surface area (TPSA) is 63.6 Å². The molecule has 0 radical (unpaired) electrons. The van der Waals surface area contributed by atoms with Gasteiger partial charge in [-0.15, -0.1) is 0 Å². The number of carboxylic acids is 1. The second kappa shape index (κ2) is 33.6. The van der Waals surface area contributed by atoms with Crippen molar-refractivity contribution in [2.24, 2.45) is 0 Å². The Hall–Kier alpha value is -2.88. The van der Waals surface area contributed by atoms with Gasteiger partial charge in [-0.3, -0.25) is 9.59 Å². The highest BCUT2D eigenvalue weighted by Crippen LogP contribution is 2.14. The van der Waals surface area contributed by atoms with Gasteiger partial charge >= 0.3 is 11.9 Å². The van der Waals surface area contributed by atoms with Crippen LogP contribution in [0.2, 0.25) is 0 Å². The van der Waals surface area contributed by atoms with Gasteiger partial charge in [-0.05, 0) is 89.5 Å². The molecule has 0 rings (SSSR count). The lowest BCUT2D eigenvalue weighted by Gasteiger charge is -2.14. The van der Waals surface area contributed by atoms with Gasteiger partial charge in [0.15, 0.2) is 0 Å². The van der Waals surface area contributed by atoms with Crippen molar-refractivity contribution in [2.45, 2.75) is 148 Å². The number of carbonyl (C=O) groups excluding carboxylic acids is 1. The number of aliphatic carboxylic acids is 1. The van der Waals surface area contributed by atoms with Gasteiger partial charge in [0.2, 0.25) is 0 Å². The maximum absolute atomic E-state index is 12.5. The molecule has 0 aromatic heterocycles. The van der Waals surface area contributed by atoms with Crippen LogP contribution >= 0.6 is 0 Å². The highest BCUT2D eigenvalue weighted by molar-refractivity contribution is 5.69. The van der Waals surface area contributed by atoms with Crippen LogP contribution < -0.4 is 0 Å². The third kappa shape index (κ3) is 33.5. The zero-order valence-corrected chi connectivity index (χ0v) is 27.5. The Labute approximate surface area is 264 Å². The van der Waals surface area contributed by atoms with Crippen LogP contribution in [0.1, 0.15) is 142 Å². The van der Waals surface area contributed by atoms with E-state index in [1.165, 1.54) is 12.8 Å². The molecular formula is C39H62O4. The van der Waals surface area contributed by atoms with Crippen LogP contribution in [-0.2, 0) is 14.3 Å². The summed E-state index contributed by atoms with van der Waals surface area (Å²) in [6, 6.07) is 0. The summed E-state index contributed by atoms with van der Waals surface area (Å²) < 4.78 is 5.80. The maximum atomic E-state index is 12.5. The molecule has 0 saturated carbocycles. The van der Waals surface area contributed by atoms with E-state index < -0.39 is 5.97 Å². The van der Waals surface area contributed by atoms with Gasteiger partial charge in [-0.1, -0.05) is 125 Å². The molecule has 242 valence electrons. The molecular weight excluding hydrogens is 532 g/mol. The Bertz CT molecular complexity index is 856. The number of hydrogen-bond acceptors (Lipinski definition) is 3. The fraction of sp³-hybridized carbons (Fsp3) is 0.590. The van der Waals surface area contributed by atoms with Crippen LogP contribution in [0.25, 0.3) is 0 Å². The van der Waals surface area contributed by atoms with Crippen molar-refractivity contribution in [1.82, 2.24) is 0 Å². The van der Waals surface area contributed by atoms with E-state index in [2.05, 4.69) is 92.8 Å². The van der Waals surface area contributed by atoms with E-state index in [9.17, 15) is 9.59 Å². The summed E-state index contributed by atoms with van der Waals surface area (Å²) in [4.78, 5) is 23.2. The molecule has 0 fully saturated rings. The van der Waals surface area contributed by atoms with Crippen molar-refractivity contribution in [1.29, 1.82) is 0 Å². The molecule has 1 atom stereocenters. The summed E-state index contributed by atoms with van der Waals surface area (Å²) in [5.74, 6) is -0.853. The third-order valence-electron chi connectivity index (χ3n) is 6.84. The molecule has 0 bridgehead atoms. The molecule has 4 heteroatoms. The normalized spacial score (nSPS) is 13.3. The number of rotatable bonds is 29. The molecule has 0 amide bonds. The molecule has 0 aliphatic heterocycles. The summed E-state index contributed by atoms with van der Waals surface area (Å²) in [6.45, 7) is 4.35. The van der Waals surface area contributed by atoms with Gasteiger partial charge in [0.05, 0.1) is 0 Å². The molecule has 1 N–H and O–H groups in total. The lowest BCUT2D eigenvalue weighted by atomic mass is 10.1. The summed E-state index contributed by atoms with van der Waals surface area (Å²) in [5, 5.41) is 8.79. The SMILES string of the molecule is CC/C=C\C/C=C\C/C=C\C/C=C\C/C=C\CCCCCC(=O)OC(/C=C\C/C=C\CCCC)CCCCCCC(=O)O. The van der Waals surface area contributed by atoms with E-state index in [1.807, 2.05) is 6.08 Å². The van der Waals surface area contributed by atoms with Gasteiger partial charge < -0.3 is 9.84 Å². The summed E-state index contributed by atoms with van der Waals surface area (Å²) in [5.41, 5.74) is 0. The van der Waals surface area contributed by atoms with E-state index >= 15 is 0 Å². The van der Waals surface area contributed by atoms with Gasteiger partial charge in [-0.25, -0.2) is 0 Å². The van der Waals surface area contributed by atoms with E-state index in [4.69, 9.17) is 9.84 Å². The van der Waals surface area contributed by atoms with Crippen molar-refractivity contribution in [2.75, 3.05) is 0 Å². The smallest absolute Gasteiger partial charge is 0.306 e. The van der Waals surface area contributed by atoms with Crippen molar-refractivity contribution in [3.05, 3.63) is 85.1 Å². The number of unbranched alkanes of at least 4 members (excludes halogenated alkanes) is 8. The molecule has 0 aromatic rings. The first-order valence-corrected chi connectivity index (χ1v) is 17.1. The molecule has 43 heavy (non-hydrogen) atoms. The Balaban J connectivity index is 4.11. The summed E-state index contributed by atoms with van der Waals surface area (Å²) in [6.07, 6.45) is 48.9. The first kappa shape index (κ1) is 40.1. The predicted octanol–water partition coefficient (Wildman–Crippen LogP) is 11.7. The Morgan fingerprint density at radius 2 is 1.05 bits per heavy atom. The number of esters is 1. The predicted molar refractivity (Wildman–Crippen MR) is 185 cm³/mol. The molecule has 0 aliphatic carbocycles. The van der Waals surface area contributed by atoms with Crippen molar-refractivity contribution in [3.63, 3.8) is 0 Å². The first-order chi connectivity index (χ1) is 21.1. The average molecular weight is 595 g/mol. The maximum Gasteiger partial charge on any atom is 0.306 e. The lowest BCUT2D eigenvalue weighted by Crippen LogP contribution is -2.16. The number of carbonyl (C=O) groups is 2. The Morgan fingerprint density at radius 3 is 1.63 bits per heavy atom. The van der Waals surface area contributed by atoms with Crippen molar-refractivity contribution in [3.8, 4) is 0 Å². The largest absolute Gasteiger partial charge is 0.481 e.